The number of methoxy groups -OCH3 is 1. The normalized spacial score (nSPS) is 10.3. The Labute approximate surface area is 173 Å². The van der Waals surface area contributed by atoms with Crippen LogP contribution in [0.1, 0.15) is 16.0 Å². The second-order valence-electron chi connectivity index (χ2n) is 5.69. The minimum absolute atomic E-state index is 0. The SMILES string of the molecule is COc1cc(CNCc2cccs2)ccc1OCc1ccc(F)cc1Cl.Cl. The average molecular weight is 428 g/mol. The summed E-state index contributed by atoms with van der Waals surface area (Å²) in [4.78, 5) is 1.30. The van der Waals surface area contributed by atoms with Crippen LogP contribution in [0.4, 0.5) is 4.39 Å². The van der Waals surface area contributed by atoms with Gasteiger partial charge in [-0.1, -0.05) is 29.8 Å². The molecule has 0 saturated heterocycles. The molecule has 144 valence electrons. The molecule has 0 fully saturated rings. The summed E-state index contributed by atoms with van der Waals surface area (Å²) in [7, 11) is 1.61. The van der Waals surface area contributed by atoms with Gasteiger partial charge in [-0.05, 0) is 41.3 Å². The van der Waals surface area contributed by atoms with Crippen molar-refractivity contribution in [3.63, 3.8) is 0 Å². The van der Waals surface area contributed by atoms with Crippen molar-refractivity contribution in [2.75, 3.05) is 7.11 Å². The molecule has 2 aromatic carbocycles. The fraction of sp³-hybridized carbons (Fsp3) is 0.200. The summed E-state index contributed by atoms with van der Waals surface area (Å²) in [6, 6.07) is 14.2. The quantitative estimate of drug-likeness (QED) is 0.489. The zero-order valence-electron chi connectivity index (χ0n) is 14.7. The van der Waals surface area contributed by atoms with Crippen LogP contribution in [0.3, 0.4) is 0 Å². The Balaban J connectivity index is 0.00000261. The van der Waals surface area contributed by atoms with E-state index in [1.807, 2.05) is 24.3 Å². The van der Waals surface area contributed by atoms with Crippen LogP contribution in [0.2, 0.25) is 5.02 Å². The van der Waals surface area contributed by atoms with E-state index in [2.05, 4.69) is 16.8 Å². The Morgan fingerprint density at radius 3 is 2.63 bits per heavy atom. The first-order valence-electron chi connectivity index (χ1n) is 8.12. The monoisotopic (exact) mass is 427 g/mol. The maximum Gasteiger partial charge on any atom is 0.161 e. The van der Waals surface area contributed by atoms with Crippen LogP contribution in [-0.2, 0) is 19.7 Å². The molecule has 0 amide bonds. The summed E-state index contributed by atoms with van der Waals surface area (Å²) < 4.78 is 24.3. The van der Waals surface area contributed by atoms with Crippen LogP contribution in [0.25, 0.3) is 0 Å². The van der Waals surface area contributed by atoms with E-state index in [1.165, 1.54) is 17.0 Å². The first-order chi connectivity index (χ1) is 12.7. The Morgan fingerprint density at radius 2 is 1.93 bits per heavy atom. The van der Waals surface area contributed by atoms with Crippen molar-refractivity contribution in [1.29, 1.82) is 0 Å². The largest absolute Gasteiger partial charge is 0.493 e. The van der Waals surface area contributed by atoms with Crippen molar-refractivity contribution in [2.45, 2.75) is 19.7 Å². The lowest BCUT2D eigenvalue weighted by atomic mass is 10.2. The molecule has 0 spiro atoms. The molecular formula is C20H20Cl2FNO2S. The van der Waals surface area contributed by atoms with Gasteiger partial charge < -0.3 is 14.8 Å². The number of halogens is 3. The fourth-order valence-electron chi connectivity index (χ4n) is 2.48. The third kappa shape index (κ3) is 6.11. The molecule has 3 nitrogen and oxygen atoms in total. The Kier molecular flexibility index (Phi) is 8.38. The summed E-state index contributed by atoms with van der Waals surface area (Å²) in [5.74, 6) is 0.907. The van der Waals surface area contributed by atoms with Crippen LogP contribution in [0, 0.1) is 5.82 Å². The van der Waals surface area contributed by atoms with Crippen LogP contribution in [0.15, 0.2) is 53.9 Å². The highest BCUT2D eigenvalue weighted by Gasteiger charge is 2.08. The predicted octanol–water partition coefficient (Wildman–Crippen LogP) is 5.84. The number of ether oxygens (including phenoxy) is 2. The van der Waals surface area contributed by atoms with Crippen LogP contribution in [0.5, 0.6) is 11.5 Å². The van der Waals surface area contributed by atoms with Crippen molar-refractivity contribution in [3.8, 4) is 11.5 Å². The third-order valence-corrected chi connectivity index (χ3v) is 5.06. The Morgan fingerprint density at radius 1 is 1.07 bits per heavy atom. The van der Waals surface area contributed by atoms with Gasteiger partial charge in [0.25, 0.3) is 0 Å². The summed E-state index contributed by atoms with van der Waals surface area (Å²) >= 11 is 7.77. The molecule has 0 unspecified atom stereocenters. The zero-order chi connectivity index (χ0) is 18.4. The maximum absolute atomic E-state index is 13.1. The third-order valence-electron chi connectivity index (χ3n) is 3.83. The van der Waals surface area contributed by atoms with Gasteiger partial charge >= 0.3 is 0 Å². The highest BCUT2D eigenvalue weighted by molar-refractivity contribution is 7.09. The van der Waals surface area contributed by atoms with Crippen molar-refractivity contribution in [3.05, 3.63) is 80.8 Å². The number of nitrogens with one attached hydrogen (secondary N) is 1. The van der Waals surface area contributed by atoms with Crippen LogP contribution in [-0.4, -0.2) is 7.11 Å². The average Bonchev–Trinajstić information content (AvgIpc) is 3.15. The van der Waals surface area contributed by atoms with E-state index < -0.39 is 0 Å². The number of hydrogen-bond donors (Lipinski definition) is 1. The van der Waals surface area contributed by atoms with E-state index in [4.69, 9.17) is 21.1 Å². The minimum Gasteiger partial charge on any atom is -0.493 e. The first-order valence-corrected chi connectivity index (χ1v) is 9.38. The smallest absolute Gasteiger partial charge is 0.161 e. The second-order valence-corrected chi connectivity index (χ2v) is 7.13. The van der Waals surface area contributed by atoms with Gasteiger partial charge in [0.15, 0.2) is 11.5 Å². The first kappa shape index (κ1) is 21.5. The van der Waals surface area contributed by atoms with Crippen molar-refractivity contribution < 1.29 is 13.9 Å². The minimum atomic E-state index is -0.365. The highest BCUT2D eigenvalue weighted by atomic mass is 35.5. The molecule has 0 aliphatic heterocycles. The van der Waals surface area contributed by atoms with Gasteiger partial charge in [0, 0.05) is 23.5 Å². The summed E-state index contributed by atoms with van der Waals surface area (Å²) in [5, 5.41) is 5.82. The lowest BCUT2D eigenvalue weighted by Crippen LogP contribution is -2.11. The molecule has 27 heavy (non-hydrogen) atoms. The van der Waals surface area contributed by atoms with Crippen LogP contribution < -0.4 is 14.8 Å². The lowest BCUT2D eigenvalue weighted by molar-refractivity contribution is 0.284. The van der Waals surface area contributed by atoms with Gasteiger partial charge in [-0.3, -0.25) is 0 Å². The molecular weight excluding hydrogens is 408 g/mol. The van der Waals surface area contributed by atoms with E-state index in [0.717, 1.165) is 24.2 Å². The van der Waals surface area contributed by atoms with Gasteiger partial charge in [-0.15, -0.1) is 23.7 Å². The van der Waals surface area contributed by atoms with Gasteiger partial charge in [-0.25, -0.2) is 4.39 Å². The van der Waals surface area contributed by atoms with E-state index in [-0.39, 0.29) is 24.8 Å². The molecule has 1 aromatic heterocycles. The number of hydrogen-bond acceptors (Lipinski definition) is 4. The molecule has 0 saturated carbocycles. The number of rotatable bonds is 8. The molecule has 0 aliphatic carbocycles. The van der Waals surface area contributed by atoms with E-state index >= 15 is 0 Å². The second kappa shape index (κ2) is 10.5. The summed E-state index contributed by atoms with van der Waals surface area (Å²) in [6.45, 7) is 1.81. The Hall–Kier alpha value is -1.79. The summed E-state index contributed by atoms with van der Waals surface area (Å²) in [6.07, 6.45) is 0. The van der Waals surface area contributed by atoms with E-state index in [1.54, 1.807) is 24.5 Å². The summed E-state index contributed by atoms with van der Waals surface area (Å²) in [5.41, 5.74) is 1.82. The standard InChI is InChI=1S/C20H19ClFNO2S.ClH/c1-24-20-9-14(11-23-12-17-3-2-8-26-17)4-7-19(20)25-13-15-5-6-16(22)10-18(15)21;/h2-10,23H,11-13H2,1H3;1H. The van der Waals surface area contributed by atoms with Gasteiger partial charge in [0.05, 0.1) is 12.1 Å². The molecule has 7 heteroatoms. The van der Waals surface area contributed by atoms with Crippen molar-refractivity contribution >= 4 is 35.3 Å². The molecule has 1 N–H and O–H groups in total. The highest BCUT2D eigenvalue weighted by Crippen LogP contribution is 2.29. The molecule has 0 bridgehead atoms. The number of benzene rings is 2. The van der Waals surface area contributed by atoms with Gasteiger partial charge in [-0.2, -0.15) is 0 Å². The maximum atomic E-state index is 13.1. The zero-order valence-corrected chi connectivity index (χ0v) is 17.1. The molecule has 3 aromatic rings. The van der Waals surface area contributed by atoms with Gasteiger partial charge in [0.2, 0.25) is 0 Å². The van der Waals surface area contributed by atoms with E-state index in [9.17, 15) is 4.39 Å². The molecule has 3 rings (SSSR count). The molecule has 0 radical (unpaired) electrons. The van der Waals surface area contributed by atoms with Crippen molar-refractivity contribution in [2.24, 2.45) is 0 Å². The lowest BCUT2D eigenvalue weighted by Gasteiger charge is -2.13. The molecule has 1 heterocycles. The van der Waals surface area contributed by atoms with Gasteiger partial charge in [0.1, 0.15) is 12.4 Å². The number of thiophene rings is 1. The predicted molar refractivity (Wildman–Crippen MR) is 111 cm³/mol. The molecule has 0 aliphatic rings. The van der Waals surface area contributed by atoms with Crippen molar-refractivity contribution in [1.82, 2.24) is 5.32 Å². The molecule has 0 atom stereocenters. The Bertz CT molecular complexity index is 859. The topological polar surface area (TPSA) is 30.5 Å². The fourth-order valence-corrected chi connectivity index (χ4v) is 3.37. The van der Waals surface area contributed by atoms with E-state index in [0.29, 0.717) is 16.5 Å². The van der Waals surface area contributed by atoms with Crippen LogP contribution >= 0.6 is 35.3 Å².